The molecule has 1 aliphatic heterocycles. The minimum atomic E-state index is 0.0215. The van der Waals surface area contributed by atoms with E-state index in [1.807, 2.05) is 0 Å². The van der Waals surface area contributed by atoms with Crippen molar-refractivity contribution in [3.63, 3.8) is 0 Å². The first-order valence-corrected chi connectivity index (χ1v) is 9.15. The zero-order chi connectivity index (χ0) is 17.6. The fourth-order valence-electron chi connectivity index (χ4n) is 2.66. The van der Waals surface area contributed by atoms with Gasteiger partial charge in [0, 0.05) is 45.6 Å². The van der Waals surface area contributed by atoms with Gasteiger partial charge < -0.3 is 19.3 Å². The van der Waals surface area contributed by atoms with Gasteiger partial charge in [-0.05, 0) is 39.8 Å². The number of likely N-dealkylation sites (N-methyl/N-ethyl adjacent to an activating group) is 1. The Balaban J connectivity index is 1.84. The molecular weight excluding hydrogens is 308 g/mol. The molecule has 0 aliphatic carbocycles. The lowest BCUT2D eigenvalue weighted by molar-refractivity contribution is -0.122. The molecule has 24 heavy (non-hydrogen) atoms. The van der Waals surface area contributed by atoms with Gasteiger partial charge in [-0.3, -0.25) is 9.59 Å². The Morgan fingerprint density at radius 1 is 0.875 bits per heavy atom. The van der Waals surface area contributed by atoms with Gasteiger partial charge in [0.2, 0.25) is 0 Å². The lowest BCUT2D eigenvalue weighted by atomic mass is 10.1. The van der Waals surface area contributed by atoms with E-state index in [0.717, 1.165) is 52.0 Å². The number of carbonyl (C=O) groups excluding carboxylic acids is 2. The van der Waals surface area contributed by atoms with Crippen LogP contribution in [0.5, 0.6) is 0 Å². The molecule has 0 unspecified atom stereocenters. The van der Waals surface area contributed by atoms with Crippen LogP contribution in [0.25, 0.3) is 0 Å². The summed E-state index contributed by atoms with van der Waals surface area (Å²) in [5.74, 6) is 0.359. The molecule has 1 rings (SSSR count). The van der Waals surface area contributed by atoms with Crippen molar-refractivity contribution >= 4 is 11.6 Å². The van der Waals surface area contributed by atoms with Crippen LogP contribution in [0, 0.1) is 0 Å². The van der Waals surface area contributed by atoms with E-state index >= 15 is 0 Å². The summed E-state index contributed by atoms with van der Waals surface area (Å²) in [6.07, 6.45) is 4.16. The summed E-state index contributed by atoms with van der Waals surface area (Å²) in [4.78, 5) is 27.3. The summed E-state index contributed by atoms with van der Waals surface area (Å²) in [6.45, 7) is 8.86. The molecular formula is C18H34N2O4. The van der Waals surface area contributed by atoms with Crippen molar-refractivity contribution in [2.24, 2.45) is 0 Å². The maximum Gasteiger partial charge on any atom is 0.155 e. The van der Waals surface area contributed by atoms with E-state index in [2.05, 4.69) is 16.8 Å². The van der Waals surface area contributed by atoms with Crippen LogP contribution in [0.3, 0.4) is 0 Å². The number of hydrogen-bond donors (Lipinski definition) is 0. The van der Waals surface area contributed by atoms with E-state index in [0.29, 0.717) is 38.4 Å². The van der Waals surface area contributed by atoms with Crippen LogP contribution in [0.4, 0.5) is 0 Å². The van der Waals surface area contributed by atoms with E-state index in [4.69, 9.17) is 9.47 Å². The predicted octanol–water partition coefficient (Wildman–Crippen LogP) is 1.38. The molecule has 1 fully saturated rings. The molecule has 6 nitrogen and oxygen atoms in total. The van der Waals surface area contributed by atoms with Crippen LogP contribution < -0.4 is 0 Å². The van der Waals surface area contributed by atoms with Crippen LogP contribution in [-0.2, 0) is 19.1 Å². The number of rotatable bonds is 14. The number of unbranched alkanes of at least 4 members (excludes halogenated alkanes) is 1. The van der Waals surface area contributed by atoms with Crippen LogP contribution in [-0.4, -0.2) is 87.6 Å². The van der Waals surface area contributed by atoms with E-state index in [1.54, 1.807) is 0 Å². The van der Waals surface area contributed by atoms with Gasteiger partial charge in [0.1, 0.15) is 12.4 Å². The van der Waals surface area contributed by atoms with Gasteiger partial charge in [-0.2, -0.15) is 0 Å². The fourth-order valence-corrected chi connectivity index (χ4v) is 2.66. The normalized spacial score (nSPS) is 16.4. The molecule has 0 aromatic heterocycles. The molecule has 0 radical (unpaired) electrons. The van der Waals surface area contributed by atoms with Crippen molar-refractivity contribution in [2.75, 3.05) is 66.2 Å². The van der Waals surface area contributed by atoms with Crippen molar-refractivity contribution in [1.82, 2.24) is 9.80 Å². The van der Waals surface area contributed by atoms with Crippen molar-refractivity contribution in [3.8, 4) is 0 Å². The van der Waals surface area contributed by atoms with Gasteiger partial charge in [0.15, 0.2) is 5.78 Å². The Morgan fingerprint density at radius 3 is 2.25 bits per heavy atom. The zero-order valence-electron chi connectivity index (χ0n) is 15.4. The second-order valence-electron chi connectivity index (χ2n) is 6.61. The van der Waals surface area contributed by atoms with Gasteiger partial charge in [-0.15, -0.1) is 0 Å². The highest BCUT2D eigenvalue weighted by Gasteiger charge is 2.12. The van der Waals surface area contributed by atoms with E-state index in [-0.39, 0.29) is 12.4 Å². The molecule has 0 atom stereocenters. The molecule has 0 aromatic carbocycles. The first-order valence-electron chi connectivity index (χ1n) is 9.15. The number of Topliss-reactive ketones (excluding diaryl/α,β-unsaturated/α-hetero) is 2. The monoisotopic (exact) mass is 342 g/mol. The molecule has 0 spiro atoms. The number of ketones is 2. The molecule has 0 saturated carbocycles. The highest BCUT2D eigenvalue weighted by Crippen LogP contribution is 2.05. The van der Waals surface area contributed by atoms with E-state index in [9.17, 15) is 9.59 Å². The third-order valence-corrected chi connectivity index (χ3v) is 4.20. The molecule has 140 valence electrons. The second kappa shape index (κ2) is 13.5. The van der Waals surface area contributed by atoms with E-state index < -0.39 is 0 Å². The molecule has 1 heterocycles. The summed E-state index contributed by atoms with van der Waals surface area (Å²) in [7, 11) is 2.17. The second-order valence-corrected chi connectivity index (χ2v) is 6.61. The molecule has 0 aromatic rings. The number of carbonyl (C=O) groups is 2. The number of hydrogen-bond acceptors (Lipinski definition) is 6. The Labute approximate surface area is 146 Å². The first kappa shape index (κ1) is 21.2. The van der Waals surface area contributed by atoms with Crippen molar-refractivity contribution in [3.05, 3.63) is 0 Å². The number of ether oxygens (including phenoxy) is 2. The maximum atomic E-state index is 11.8. The number of piperazine rings is 1. The minimum absolute atomic E-state index is 0.0215. The maximum absolute atomic E-state index is 11.8. The van der Waals surface area contributed by atoms with Crippen molar-refractivity contribution in [1.29, 1.82) is 0 Å². The molecule has 0 amide bonds. The van der Waals surface area contributed by atoms with Gasteiger partial charge in [-0.25, -0.2) is 0 Å². The summed E-state index contributed by atoms with van der Waals surface area (Å²) < 4.78 is 10.5. The summed E-state index contributed by atoms with van der Waals surface area (Å²) in [6, 6.07) is 0. The standard InChI is InChI=1S/C18H34N2O4/c1-17(21)16-24-15-14-23-13-5-7-18(22)6-3-4-8-20-11-9-19(2)10-12-20/h3-16H2,1-2H3. The summed E-state index contributed by atoms with van der Waals surface area (Å²) in [5.41, 5.74) is 0. The molecule has 1 aliphatic rings. The SMILES string of the molecule is CC(=O)COCCOCCCC(=O)CCCCN1CCN(C)CC1. The van der Waals surface area contributed by atoms with Gasteiger partial charge in [0.05, 0.1) is 13.2 Å². The fraction of sp³-hybridized carbons (Fsp3) is 0.889. The third kappa shape index (κ3) is 11.7. The third-order valence-electron chi connectivity index (χ3n) is 4.20. The van der Waals surface area contributed by atoms with Gasteiger partial charge >= 0.3 is 0 Å². The Bertz CT molecular complexity index is 355. The zero-order valence-corrected chi connectivity index (χ0v) is 15.4. The topological polar surface area (TPSA) is 59.1 Å². The van der Waals surface area contributed by atoms with E-state index in [1.165, 1.54) is 6.92 Å². The van der Waals surface area contributed by atoms with Crippen LogP contribution >= 0.6 is 0 Å². The number of nitrogens with zero attached hydrogens (tertiary/aromatic N) is 2. The van der Waals surface area contributed by atoms with Gasteiger partial charge in [-0.1, -0.05) is 0 Å². The quantitative estimate of drug-likeness (QED) is 0.445. The highest BCUT2D eigenvalue weighted by atomic mass is 16.5. The Hall–Kier alpha value is -0.820. The smallest absolute Gasteiger partial charge is 0.155 e. The van der Waals surface area contributed by atoms with Crippen molar-refractivity contribution in [2.45, 2.75) is 39.0 Å². The predicted molar refractivity (Wildman–Crippen MR) is 94.3 cm³/mol. The van der Waals surface area contributed by atoms with Crippen LogP contribution in [0.15, 0.2) is 0 Å². The largest absolute Gasteiger partial charge is 0.379 e. The average molecular weight is 342 g/mol. The van der Waals surface area contributed by atoms with Crippen LogP contribution in [0.2, 0.25) is 0 Å². The molecule has 0 N–H and O–H groups in total. The lowest BCUT2D eigenvalue weighted by Gasteiger charge is -2.32. The van der Waals surface area contributed by atoms with Gasteiger partial charge in [0.25, 0.3) is 0 Å². The van der Waals surface area contributed by atoms with Crippen molar-refractivity contribution < 1.29 is 19.1 Å². The summed E-state index contributed by atoms with van der Waals surface area (Å²) >= 11 is 0. The molecule has 0 bridgehead atoms. The first-order chi connectivity index (χ1) is 11.6. The summed E-state index contributed by atoms with van der Waals surface area (Å²) in [5, 5.41) is 0. The highest BCUT2D eigenvalue weighted by molar-refractivity contribution is 5.78. The lowest BCUT2D eigenvalue weighted by Crippen LogP contribution is -2.44. The Kier molecular flexibility index (Phi) is 11.9. The van der Waals surface area contributed by atoms with Crippen LogP contribution in [0.1, 0.15) is 39.0 Å². The molecule has 6 heteroatoms. The molecule has 1 saturated heterocycles. The Morgan fingerprint density at radius 2 is 1.54 bits per heavy atom. The average Bonchev–Trinajstić information content (AvgIpc) is 2.55. The minimum Gasteiger partial charge on any atom is -0.379 e.